The van der Waals surface area contributed by atoms with Gasteiger partial charge >= 0.3 is 0 Å². The second-order valence-electron chi connectivity index (χ2n) is 3.49. The van der Waals surface area contributed by atoms with Gasteiger partial charge in [-0.15, -0.1) is 10.2 Å². The summed E-state index contributed by atoms with van der Waals surface area (Å²) in [4.78, 5) is 11.7. The Hall–Kier alpha value is -1.44. The number of rotatable bonds is 4. The second kappa shape index (κ2) is 6.14. The van der Waals surface area contributed by atoms with Crippen molar-refractivity contribution in [2.75, 3.05) is 16.9 Å². The maximum absolute atomic E-state index is 11.7. The standard InChI is InChI=1S/C10H9Cl2N5OS/c11-7-2-1-6(3-8(7)12)15-9(18)4-19-10-16-14-5-17(10)13/h1-3,5H,4,13H2,(H,15,18). The molecular formula is C10H9Cl2N5OS. The first-order chi connectivity index (χ1) is 9.06. The number of hydrogen-bond donors (Lipinski definition) is 2. The number of amides is 1. The molecule has 2 rings (SSSR count). The lowest BCUT2D eigenvalue weighted by Crippen LogP contribution is -2.15. The molecular weight excluding hydrogens is 309 g/mol. The van der Waals surface area contributed by atoms with Crippen LogP contribution in [0.3, 0.4) is 0 Å². The highest BCUT2D eigenvalue weighted by Gasteiger charge is 2.08. The highest BCUT2D eigenvalue weighted by Crippen LogP contribution is 2.25. The molecule has 0 saturated heterocycles. The number of nitrogen functional groups attached to an aromatic ring is 1. The molecule has 100 valence electrons. The van der Waals surface area contributed by atoms with E-state index in [4.69, 9.17) is 29.0 Å². The van der Waals surface area contributed by atoms with Gasteiger partial charge in [0.2, 0.25) is 11.1 Å². The Morgan fingerprint density at radius 3 is 2.84 bits per heavy atom. The summed E-state index contributed by atoms with van der Waals surface area (Å²) >= 11 is 12.8. The first kappa shape index (κ1) is 14.0. The van der Waals surface area contributed by atoms with Crippen LogP contribution in [0, 0.1) is 0 Å². The topological polar surface area (TPSA) is 85.8 Å². The van der Waals surface area contributed by atoms with E-state index < -0.39 is 0 Å². The number of carbonyl (C=O) groups is 1. The molecule has 0 aliphatic carbocycles. The smallest absolute Gasteiger partial charge is 0.234 e. The third-order valence-corrected chi connectivity index (χ3v) is 3.77. The van der Waals surface area contributed by atoms with Crippen LogP contribution in [0.1, 0.15) is 0 Å². The van der Waals surface area contributed by atoms with Gasteiger partial charge in [-0.1, -0.05) is 35.0 Å². The van der Waals surface area contributed by atoms with E-state index in [9.17, 15) is 4.79 Å². The number of halogens is 2. The first-order valence-electron chi connectivity index (χ1n) is 5.09. The van der Waals surface area contributed by atoms with E-state index in [0.717, 1.165) is 0 Å². The molecule has 0 spiro atoms. The molecule has 0 aliphatic heterocycles. The molecule has 2 aromatic rings. The fourth-order valence-corrected chi connectivity index (χ4v) is 2.17. The van der Waals surface area contributed by atoms with Gasteiger partial charge in [-0.25, -0.2) is 4.68 Å². The van der Waals surface area contributed by atoms with E-state index in [1.165, 1.54) is 22.8 Å². The van der Waals surface area contributed by atoms with Crippen molar-refractivity contribution in [3.8, 4) is 0 Å². The van der Waals surface area contributed by atoms with Crippen LogP contribution in [0.5, 0.6) is 0 Å². The molecule has 0 atom stereocenters. The van der Waals surface area contributed by atoms with Gasteiger partial charge in [0.1, 0.15) is 6.33 Å². The molecule has 0 bridgehead atoms. The Bertz CT molecular complexity index is 603. The quantitative estimate of drug-likeness (QED) is 0.665. The number of carbonyl (C=O) groups excluding carboxylic acids is 1. The molecule has 9 heteroatoms. The van der Waals surface area contributed by atoms with Crippen molar-refractivity contribution in [1.29, 1.82) is 0 Å². The fourth-order valence-electron chi connectivity index (χ4n) is 1.24. The summed E-state index contributed by atoms with van der Waals surface area (Å²) < 4.78 is 1.25. The van der Waals surface area contributed by atoms with E-state index in [-0.39, 0.29) is 11.7 Å². The van der Waals surface area contributed by atoms with Crippen molar-refractivity contribution >= 4 is 46.6 Å². The number of nitrogens with zero attached hydrogens (tertiary/aromatic N) is 3. The lowest BCUT2D eigenvalue weighted by molar-refractivity contribution is -0.113. The Morgan fingerprint density at radius 2 is 2.21 bits per heavy atom. The van der Waals surface area contributed by atoms with Crippen LogP contribution in [0.2, 0.25) is 10.0 Å². The third-order valence-electron chi connectivity index (χ3n) is 2.08. The maximum Gasteiger partial charge on any atom is 0.234 e. The van der Waals surface area contributed by atoms with Crippen LogP contribution in [0.25, 0.3) is 0 Å². The molecule has 0 unspecified atom stereocenters. The first-order valence-corrected chi connectivity index (χ1v) is 6.83. The third kappa shape index (κ3) is 3.76. The van der Waals surface area contributed by atoms with Gasteiger partial charge < -0.3 is 11.2 Å². The van der Waals surface area contributed by atoms with E-state index in [1.54, 1.807) is 18.2 Å². The molecule has 6 nitrogen and oxygen atoms in total. The van der Waals surface area contributed by atoms with Crippen LogP contribution in [0.4, 0.5) is 5.69 Å². The van der Waals surface area contributed by atoms with Crippen molar-refractivity contribution in [2.24, 2.45) is 0 Å². The second-order valence-corrected chi connectivity index (χ2v) is 5.24. The van der Waals surface area contributed by atoms with Crippen molar-refractivity contribution < 1.29 is 4.79 Å². The molecule has 19 heavy (non-hydrogen) atoms. The summed E-state index contributed by atoms with van der Waals surface area (Å²) in [5.41, 5.74) is 0.578. The van der Waals surface area contributed by atoms with Crippen molar-refractivity contribution in [3.05, 3.63) is 34.6 Å². The summed E-state index contributed by atoms with van der Waals surface area (Å²) in [6.07, 6.45) is 1.36. The van der Waals surface area contributed by atoms with Crippen molar-refractivity contribution in [3.63, 3.8) is 0 Å². The minimum atomic E-state index is -0.202. The van der Waals surface area contributed by atoms with Crippen LogP contribution in [-0.2, 0) is 4.79 Å². The predicted molar refractivity (Wildman–Crippen MR) is 76.0 cm³/mol. The summed E-state index contributed by atoms with van der Waals surface area (Å²) in [6.45, 7) is 0. The fraction of sp³-hybridized carbons (Fsp3) is 0.100. The van der Waals surface area contributed by atoms with E-state index in [1.807, 2.05) is 0 Å². The van der Waals surface area contributed by atoms with Crippen molar-refractivity contribution in [1.82, 2.24) is 14.9 Å². The van der Waals surface area contributed by atoms with Gasteiger partial charge in [-0.3, -0.25) is 4.79 Å². The minimum absolute atomic E-state index is 0.163. The van der Waals surface area contributed by atoms with Gasteiger partial charge in [0.05, 0.1) is 15.8 Å². The molecule has 0 saturated carbocycles. The Balaban J connectivity index is 1.91. The number of anilines is 1. The molecule has 0 fully saturated rings. The molecule has 1 aromatic heterocycles. The van der Waals surface area contributed by atoms with Crippen LogP contribution >= 0.6 is 35.0 Å². The number of hydrogen-bond acceptors (Lipinski definition) is 5. The largest absolute Gasteiger partial charge is 0.336 e. The normalized spacial score (nSPS) is 10.4. The van der Waals surface area contributed by atoms with Crippen LogP contribution < -0.4 is 11.2 Å². The Kier molecular flexibility index (Phi) is 4.52. The number of nitrogens with one attached hydrogen (secondary N) is 1. The number of benzene rings is 1. The summed E-state index contributed by atoms with van der Waals surface area (Å²) in [7, 11) is 0. The zero-order valence-electron chi connectivity index (χ0n) is 9.51. The molecule has 3 N–H and O–H groups in total. The van der Waals surface area contributed by atoms with Crippen LogP contribution in [0.15, 0.2) is 29.7 Å². The predicted octanol–water partition coefficient (Wildman–Crippen LogP) is 2.03. The van der Waals surface area contributed by atoms with Gasteiger partial charge in [-0.05, 0) is 18.2 Å². The SMILES string of the molecule is Nn1cnnc1SCC(=O)Nc1ccc(Cl)c(Cl)c1. The number of nitrogens with two attached hydrogens (primary N) is 1. The van der Waals surface area contributed by atoms with Gasteiger partial charge in [0.25, 0.3) is 0 Å². The average Bonchev–Trinajstić information content (AvgIpc) is 2.77. The highest BCUT2D eigenvalue weighted by atomic mass is 35.5. The summed E-state index contributed by atoms with van der Waals surface area (Å²) in [5.74, 6) is 5.48. The Labute approximate surface area is 123 Å². The van der Waals surface area contributed by atoms with Gasteiger partial charge in [-0.2, -0.15) is 0 Å². The molecule has 1 aromatic carbocycles. The monoisotopic (exact) mass is 317 g/mol. The Morgan fingerprint density at radius 1 is 1.42 bits per heavy atom. The maximum atomic E-state index is 11.7. The van der Waals surface area contributed by atoms with E-state index in [0.29, 0.717) is 20.9 Å². The molecule has 1 heterocycles. The van der Waals surface area contributed by atoms with E-state index in [2.05, 4.69) is 15.5 Å². The minimum Gasteiger partial charge on any atom is -0.336 e. The molecule has 0 aliphatic rings. The lowest BCUT2D eigenvalue weighted by atomic mass is 10.3. The van der Waals surface area contributed by atoms with Gasteiger partial charge in [0, 0.05) is 5.69 Å². The molecule has 1 amide bonds. The van der Waals surface area contributed by atoms with Gasteiger partial charge in [0.15, 0.2) is 0 Å². The number of thioether (sulfide) groups is 1. The summed E-state index contributed by atoms with van der Waals surface area (Å²) in [6, 6.07) is 4.86. The zero-order chi connectivity index (χ0) is 13.8. The van der Waals surface area contributed by atoms with E-state index >= 15 is 0 Å². The molecule has 0 radical (unpaired) electrons. The summed E-state index contributed by atoms with van der Waals surface area (Å²) in [5, 5.41) is 11.3. The average molecular weight is 318 g/mol. The zero-order valence-corrected chi connectivity index (χ0v) is 11.8. The highest BCUT2D eigenvalue weighted by molar-refractivity contribution is 7.99. The number of aromatic nitrogens is 3. The van der Waals surface area contributed by atoms with Crippen molar-refractivity contribution in [2.45, 2.75) is 5.16 Å². The lowest BCUT2D eigenvalue weighted by Gasteiger charge is -2.05. The van der Waals surface area contributed by atoms with Crippen LogP contribution in [-0.4, -0.2) is 26.5 Å².